The largest absolute Gasteiger partial charge is 0.463 e. The zero-order valence-electron chi connectivity index (χ0n) is 9.30. The monoisotopic (exact) mass is 186 g/mol. The standard InChI is InChI=1S/C11H22O2/c1-5-6-7-8-9(2)10(3)13-11(4)12/h9-10H,5-8H2,1-4H3. The fourth-order valence-corrected chi connectivity index (χ4v) is 1.33. The van der Waals surface area contributed by atoms with Gasteiger partial charge in [0.25, 0.3) is 0 Å². The van der Waals surface area contributed by atoms with Crippen molar-refractivity contribution in [1.82, 2.24) is 0 Å². The molecule has 0 aliphatic heterocycles. The molecule has 0 saturated carbocycles. The quantitative estimate of drug-likeness (QED) is 0.470. The van der Waals surface area contributed by atoms with Crippen molar-refractivity contribution in [2.75, 3.05) is 0 Å². The van der Waals surface area contributed by atoms with Gasteiger partial charge < -0.3 is 4.74 Å². The lowest BCUT2D eigenvalue weighted by atomic mass is 9.98. The second kappa shape index (κ2) is 6.93. The SMILES string of the molecule is CCCCCC(C)C(C)OC(C)=O. The van der Waals surface area contributed by atoms with E-state index >= 15 is 0 Å². The van der Waals surface area contributed by atoms with Crippen molar-refractivity contribution in [2.45, 2.75) is 59.5 Å². The maximum absolute atomic E-state index is 10.7. The van der Waals surface area contributed by atoms with Gasteiger partial charge in [0, 0.05) is 6.92 Å². The summed E-state index contributed by atoms with van der Waals surface area (Å²) in [4.78, 5) is 10.7. The van der Waals surface area contributed by atoms with E-state index in [-0.39, 0.29) is 12.1 Å². The molecule has 0 N–H and O–H groups in total. The van der Waals surface area contributed by atoms with E-state index < -0.39 is 0 Å². The number of hydrogen-bond acceptors (Lipinski definition) is 2. The number of unbranched alkanes of at least 4 members (excludes halogenated alkanes) is 2. The topological polar surface area (TPSA) is 26.3 Å². The Morgan fingerprint density at radius 2 is 1.92 bits per heavy atom. The van der Waals surface area contributed by atoms with Crippen LogP contribution in [0.1, 0.15) is 53.4 Å². The lowest BCUT2D eigenvalue weighted by molar-refractivity contribution is -0.147. The van der Waals surface area contributed by atoms with Crippen LogP contribution in [0.2, 0.25) is 0 Å². The number of rotatable bonds is 6. The van der Waals surface area contributed by atoms with Crippen molar-refractivity contribution in [2.24, 2.45) is 5.92 Å². The first-order valence-electron chi connectivity index (χ1n) is 5.25. The molecule has 0 aliphatic rings. The lowest BCUT2D eigenvalue weighted by Gasteiger charge is -2.19. The summed E-state index contributed by atoms with van der Waals surface area (Å²) < 4.78 is 5.10. The maximum atomic E-state index is 10.7. The first kappa shape index (κ1) is 12.5. The number of ether oxygens (including phenoxy) is 1. The maximum Gasteiger partial charge on any atom is 0.302 e. The summed E-state index contributed by atoms with van der Waals surface area (Å²) in [6.07, 6.45) is 4.98. The van der Waals surface area contributed by atoms with Gasteiger partial charge in [-0.3, -0.25) is 4.79 Å². The number of carbonyl (C=O) groups excluding carboxylic acids is 1. The van der Waals surface area contributed by atoms with Gasteiger partial charge in [0.05, 0.1) is 0 Å². The third-order valence-corrected chi connectivity index (χ3v) is 2.42. The van der Waals surface area contributed by atoms with E-state index in [2.05, 4.69) is 13.8 Å². The van der Waals surface area contributed by atoms with Gasteiger partial charge in [-0.15, -0.1) is 0 Å². The molecule has 0 fully saturated rings. The summed E-state index contributed by atoms with van der Waals surface area (Å²) in [5.74, 6) is 0.310. The van der Waals surface area contributed by atoms with Crippen molar-refractivity contribution in [3.8, 4) is 0 Å². The van der Waals surface area contributed by atoms with Crippen LogP contribution in [0.15, 0.2) is 0 Å². The average Bonchev–Trinajstić information content (AvgIpc) is 2.03. The minimum Gasteiger partial charge on any atom is -0.463 e. The molecule has 0 aromatic carbocycles. The molecule has 2 atom stereocenters. The first-order chi connectivity index (χ1) is 6.07. The van der Waals surface area contributed by atoms with E-state index in [1.54, 1.807) is 0 Å². The molecule has 0 heterocycles. The zero-order valence-corrected chi connectivity index (χ0v) is 9.30. The Bertz CT molecular complexity index is 143. The molecule has 0 saturated heterocycles. The van der Waals surface area contributed by atoms with Gasteiger partial charge in [-0.05, 0) is 19.3 Å². The Kier molecular flexibility index (Phi) is 6.65. The summed E-state index contributed by atoms with van der Waals surface area (Å²) in [6.45, 7) is 7.77. The molecule has 2 heteroatoms. The van der Waals surface area contributed by atoms with Gasteiger partial charge in [0.15, 0.2) is 0 Å². The van der Waals surface area contributed by atoms with Crippen molar-refractivity contribution in [3.63, 3.8) is 0 Å². The van der Waals surface area contributed by atoms with Crippen LogP contribution in [0, 0.1) is 5.92 Å². The van der Waals surface area contributed by atoms with E-state index in [4.69, 9.17) is 4.74 Å². The van der Waals surface area contributed by atoms with E-state index in [1.165, 1.54) is 26.2 Å². The first-order valence-corrected chi connectivity index (χ1v) is 5.25. The highest BCUT2D eigenvalue weighted by molar-refractivity contribution is 5.66. The average molecular weight is 186 g/mol. The highest BCUT2D eigenvalue weighted by Gasteiger charge is 2.13. The predicted octanol–water partition coefficient (Wildman–Crippen LogP) is 3.15. The van der Waals surface area contributed by atoms with Gasteiger partial charge in [0.1, 0.15) is 6.10 Å². The second-order valence-corrected chi connectivity index (χ2v) is 3.79. The van der Waals surface area contributed by atoms with Gasteiger partial charge in [-0.2, -0.15) is 0 Å². The molecule has 0 bridgehead atoms. The Hall–Kier alpha value is -0.530. The third-order valence-electron chi connectivity index (χ3n) is 2.42. The van der Waals surface area contributed by atoms with Gasteiger partial charge in [0.2, 0.25) is 0 Å². The molecule has 0 spiro atoms. The predicted molar refractivity (Wildman–Crippen MR) is 54.5 cm³/mol. The molecule has 2 nitrogen and oxygen atoms in total. The Morgan fingerprint density at radius 1 is 1.31 bits per heavy atom. The summed E-state index contributed by atoms with van der Waals surface area (Å²) >= 11 is 0. The van der Waals surface area contributed by atoms with Crippen molar-refractivity contribution >= 4 is 5.97 Å². The van der Waals surface area contributed by atoms with Crippen molar-refractivity contribution in [3.05, 3.63) is 0 Å². The Balaban J connectivity index is 3.56. The number of esters is 1. The van der Waals surface area contributed by atoms with E-state index in [9.17, 15) is 4.79 Å². The fraction of sp³-hybridized carbons (Fsp3) is 0.909. The highest BCUT2D eigenvalue weighted by atomic mass is 16.5. The fourth-order valence-electron chi connectivity index (χ4n) is 1.33. The zero-order chi connectivity index (χ0) is 10.3. The van der Waals surface area contributed by atoms with Crippen LogP contribution >= 0.6 is 0 Å². The van der Waals surface area contributed by atoms with Gasteiger partial charge in [-0.1, -0.05) is 33.1 Å². The molecule has 0 aromatic rings. The van der Waals surface area contributed by atoms with Crippen LogP contribution in [-0.2, 0) is 9.53 Å². The highest BCUT2D eigenvalue weighted by Crippen LogP contribution is 2.15. The molecule has 2 unspecified atom stereocenters. The molecule has 13 heavy (non-hydrogen) atoms. The van der Waals surface area contributed by atoms with Crippen LogP contribution in [-0.4, -0.2) is 12.1 Å². The van der Waals surface area contributed by atoms with Crippen molar-refractivity contribution < 1.29 is 9.53 Å². The smallest absolute Gasteiger partial charge is 0.302 e. The van der Waals surface area contributed by atoms with E-state index in [0.29, 0.717) is 5.92 Å². The third kappa shape index (κ3) is 6.62. The molecule has 0 amide bonds. The van der Waals surface area contributed by atoms with Crippen LogP contribution in [0.25, 0.3) is 0 Å². The normalized spacial score (nSPS) is 15.1. The molecule has 0 rings (SSSR count). The summed E-state index contributed by atoms with van der Waals surface area (Å²) in [6, 6.07) is 0. The molecule has 0 aliphatic carbocycles. The number of hydrogen-bond donors (Lipinski definition) is 0. The van der Waals surface area contributed by atoms with Crippen molar-refractivity contribution in [1.29, 1.82) is 0 Å². The molecular weight excluding hydrogens is 164 g/mol. The van der Waals surface area contributed by atoms with Crippen LogP contribution in [0.5, 0.6) is 0 Å². The van der Waals surface area contributed by atoms with Crippen LogP contribution < -0.4 is 0 Å². The van der Waals surface area contributed by atoms with Gasteiger partial charge >= 0.3 is 5.97 Å². The molecule has 0 aromatic heterocycles. The van der Waals surface area contributed by atoms with Crippen LogP contribution in [0.4, 0.5) is 0 Å². The minimum atomic E-state index is -0.171. The minimum absolute atomic E-state index is 0.0642. The summed E-state index contributed by atoms with van der Waals surface area (Å²) in [7, 11) is 0. The Morgan fingerprint density at radius 3 is 2.38 bits per heavy atom. The summed E-state index contributed by atoms with van der Waals surface area (Å²) in [5, 5.41) is 0. The number of carbonyl (C=O) groups is 1. The lowest BCUT2D eigenvalue weighted by Crippen LogP contribution is -2.20. The van der Waals surface area contributed by atoms with Crippen LogP contribution in [0.3, 0.4) is 0 Å². The second-order valence-electron chi connectivity index (χ2n) is 3.79. The van der Waals surface area contributed by atoms with E-state index in [1.807, 2.05) is 6.92 Å². The molecular formula is C11H22O2. The van der Waals surface area contributed by atoms with Gasteiger partial charge in [-0.25, -0.2) is 0 Å². The van der Waals surface area contributed by atoms with E-state index in [0.717, 1.165) is 6.42 Å². The molecule has 78 valence electrons. The molecule has 0 radical (unpaired) electrons. The summed E-state index contributed by atoms with van der Waals surface area (Å²) in [5.41, 5.74) is 0. The Labute approximate surface area is 81.7 Å².